The number of carbonyl (C=O) groups excluding carboxylic acids is 1. The monoisotopic (exact) mass is 381 g/mol. The molecule has 0 aliphatic carbocycles. The molecule has 4 aromatic rings. The Morgan fingerprint density at radius 2 is 2.04 bits per heavy atom. The molecule has 0 saturated heterocycles. The van der Waals surface area contributed by atoms with Crippen LogP contribution in [0.3, 0.4) is 0 Å². The number of nitrogens with zero attached hydrogens (tertiary/aromatic N) is 3. The maximum absolute atomic E-state index is 12.2. The Balaban J connectivity index is 1.58. The topological polar surface area (TPSA) is 125 Å². The zero-order valence-electron chi connectivity index (χ0n) is 15.1. The second-order valence-corrected chi connectivity index (χ2v) is 6.36. The maximum Gasteiger partial charge on any atom is 0.302 e. The molecular weight excluding hydrogens is 362 g/mol. The van der Waals surface area contributed by atoms with Crippen LogP contribution < -0.4 is 10.6 Å². The van der Waals surface area contributed by atoms with Gasteiger partial charge in [-0.25, -0.2) is 4.98 Å². The van der Waals surface area contributed by atoms with Gasteiger partial charge in [0.05, 0.1) is 23.7 Å². The Morgan fingerprint density at radius 3 is 2.82 bits per heavy atom. The average molecular weight is 381 g/mol. The highest BCUT2D eigenvalue weighted by Gasteiger charge is 2.14. The molecule has 0 aliphatic rings. The number of para-hydroxylation sites is 2. The Bertz CT molecular complexity index is 1120. The van der Waals surface area contributed by atoms with Crippen molar-refractivity contribution >= 4 is 40.0 Å². The second kappa shape index (κ2) is 7.29. The third kappa shape index (κ3) is 3.40. The normalized spacial score (nSPS) is 12.4. The first-order valence-corrected chi connectivity index (χ1v) is 8.71. The molecule has 1 amide bonds. The van der Waals surface area contributed by atoms with Gasteiger partial charge in [0.25, 0.3) is 5.91 Å². The molecule has 28 heavy (non-hydrogen) atoms. The molecule has 4 rings (SSSR count). The van der Waals surface area contributed by atoms with Crippen molar-refractivity contribution in [2.75, 3.05) is 18.5 Å². The quantitative estimate of drug-likeness (QED) is 0.399. The maximum atomic E-state index is 12.2. The van der Waals surface area contributed by atoms with Gasteiger partial charge in [0.2, 0.25) is 5.95 Å². The highest BCUT2D eigenvalue weighted by molar-refractivity contribution is 5.97. The number of aliphatic hydroxyl groups is 2. The summed E-state index contributed by atoms with van der Waals surface area (Å²) in [7, 11) is 1.84. The van der Waals surface area contributed by atoms with Gasteiger partial charge in [0.1, 0.15) is 5.52 Å². The third-order valence-corrected chi connectivity index (χ3v) is 4.36. The lowest BCUT2D eigenvalue weighted by Gasteiger charge is -2.08. The fourth-order valence-electron chi connectivity index (χ4n) is 2.85. The van der Waals surface area contributed by atoms with Gasteiger partial charge >= 0.3 is 6.01 Å². The van der Waals surface area contributed by atoms with E-state index in [9.17, 15) is 9.90 Å². The van der Waals surface area contributed by atoms with Crippen LogP contribution in [0.25, 0.3) is 22.1 Å². The van der Waals surface area contributed by atoms with Crippen LogP contribution >= 0.6 is 0 Å². The zero-order chi connectivity index (χ0) is 19.7. The molecule has 2 aromatic heterocycles. The van der Waals surface area contributed by atoms with Crippen LogP contribution in [-0.4, -0.2) is 49.9 Å². The number of nitrogens with one attached hydrogen (secondary N) is 2. The third-order valence-electron chi connectivity index (χ3n) is 4.36. The summed E-state index contributed by atoms with van der Waals surface area (Å²) in [5, 5.41) is 23.8. The van der Waals surface area contributed by atoms with Gasteiger partial charge in [-0.1, -0.05) is 12.1 Å². The van der Waals surface area contributed by atoms with Gasteiger partial charge < -0.3 is 24.5 Å². The summed E-state index contributed by atoms with van der Waals surface area (Å²) in [4.78, 5) is 21.1. The Labute approximate surface area is 159 Å². The number of hydrogen-bond acceptors (Lipinski definition) is 7. The van der Waals surface area contributed by atoms with Crippen molar-refractivity contribution in [3.05, 3.63) is 48.0 Å². The molecule has 2 aromatic carbocycles. The van der Waals surface area contributed by atoms with Crippen LogP contribution in [-0.2, 0) is 7.05 Å². The van der Waals surface area contributed by atoms with Crippen LogP contribution in [0, 0.1) is 0 Å². The standard InChI is InChI=1S/C19H19N5O4/c1-24-15-7-6-11(17(27)20-9-12(26)10-25)8-14(15)21-18(24)23-19-22-13-4-2-3-5-16(13)28-19/h2-8,12,25-26H,9-10H2,1H3,(H,20,27)(H,21,22,23). The molecule has 4 N–H and O–H groups in total. The number of aliphatic hydroxyl groups excluding tert-OH is 2. The highest BCUT2D eigenvalue weighted by Crippen LogP contribution is 2.24. The minimum atomic E-state index is -0.991. The first-order valence-electron chi connectivity index (χ1n) is 8.71. The summed E-state index contributed by atoms with van der Waals surface area (Å²) < 4.78 is 7.50. The summed E-state index contributed by atoms with van der Waals surface area (Å²) in [6.07, 6.45) is -0.991. The highest BCUT2D eigenvalue weighted by atomic mass is 16.4. The Hall–Kier alpha value is -3.43. The summed E-state index contributed by atoms with van der Waals surface area (Å²) >= 11 is 0. The molecule has 2 heterocycles. The van der Waals surface area contributed by atoms with Crippen molar-refractivity contribution in [1.82, 2.24) is 19.9 Å². The van der Waals surface area contributed by atoms with Crippen LogP contribution in [0.5, 0.6) is 0 Å². The smallest absolute Gasteiger partial charge is 0.302 e. The molecule has 0 fully saturated rings. The SMILES string of the molecule is Cn1c(Nc2nc3ccccc3o2)nc2cc(C(=O)NCC(O)CO)ccc21. The van der Waals surface area contributed by atoms with Crippen LogP contribution in [0.1, 0.15) is 10.4 Å². The van der Waals surface area contributed by atoms with Crippen LogP contribution in [0.4, 0.5) is 12.0 Å². The van der Waals surface area contributed by atoms with E-state index >= 15 is 0 Å². The minimum Gasteiger partial charge on any atom is -0.423 e. The van der Waals surface area contributed by atoms with Crippen molar-refractivity contribution in [1.29, 1.82) is 0 Å². The molecule has 144 valence electrons. The molecule has 1 atom stereocenters. The lowest BCUT2D eigenvalue weighted by molar-refractivity contribution is 0.0802. The molecule has 0 aliphatic heterocycles. The predicted octanol–water partition coefficient (Wildman–Crippen LogP) is 1.54. The number of rotatable bonds is 6. The average Bonchev–Trinajstić information content (AvgIpc) is 3.26. The summed E-state index contributed by atoms with van der Waals surface area (Å²) in [6.45, 7) is -0.440. The van der Waals surface area contributed by atoms with E-state index in [0.29, 0.717) is 28.6 Å². The summed E-state index contributed by atoms with van der Waals surface area (Å²) in [5.41, 5.74) is 3.27. The fraction of sp³-hybridized carbons (Fsp3) is 0.211. The van der Waals surface area contributed by atoms with Crippen molar-refractivity contribution < 1.29 is 19.4 Å². The van der Waals surface area contributed by atoms with E-state index in [1.165, 1.54) is 0 Å². The van der Waals surface area contributed by atoms with Gasteiger partial charge in [-0.3, -0.25) is 10.1 Å². The molecule has 0 bridgehead atoms. The number of fused-ring (bicyclic) bond motifs is 2. The van der Waals surface area contributed by atoms with Gasteiger partial charge in [0.15, 0.2) is 5.58 Å². The first-order chi connectivity index (χ1) is 13.5. The number of oxazole rings is 1. The van der Waals surface area contributed by atoms with E-state index in [4.69, 9.17) is 9.52 Å². The van der Waals surface area contributed by atoms with E-state index in [2.05, 4.69) is 20.6 Å². The first kappa shape index (κ1) is 18.0. The number of anilines is 2. The molecule has 9 nitrogen and oxygen atoms in total. The molecule has 0 saturated carbocycles. The summed E-state index contributed by atoms with van der Waals surface area (Å²) in [5.74, 6) is 0.170. The lowest BCUT2D eigenvalue weighted by atomic mass is 10.2. The number of amides is 1. The van der Waals surface area contributed by atoms with Crippen molar-refractivity contribution in [3.63, 3.8) is 0 Å². The van der Waals surface area contributed by atoms with Crippen LogP contribution in [0.2, 0.25) is 0 Å². The number of imidazole rings is 1. The number of benzene rings is 2. The molecule has 1 unspecified atom stereocenters. The van der Waals surface area contributed by atoms with Crippen molar-refractivity contribution in [2.24, 2.45) is 7.05 Å². The van der Waals surface area contributed by atoms with Gasteiger partial charge in [-0.2, -0.15) is 4.98 Å². The molecule has 9 heteroatoms. The molecule has 0 spiro atoms. The predicted molar refractivity (Wildman–Crippen MR) is 103 cm³/mol. The number of aryl methyl sites for hydroxylation is 1. The molecular formula is C19H19N5O4. The van der Waals surface area contributed by atoms with Crippen LogP contribution in [0.15, 0.2) is 46.9 Å². The number of aromatic nitrogens is 3. The second-order valence-electron chi connectivity index (χ2n) is 6.36. The Morgan fingerprint density at radius 1 is 1.21 bits per heavy atom. The zero-order valence-corrected chi connectivity index (χ0v) is 15.1. The largest absolute Gasteiger partial charge is 0.423 e. The van der Waals surface area contributed by atoms with E-state index in [1.54, 1.807) is 18.2 Å². The molecule has 0 radical (unpaired) electrons. The fourth-order valence-corrected chi connectivity index (χ4v) is 2.85. The van der Waals surface area contributed by atoms with Crippen molar-refractivity contribution in [2.45, 2.75) is 6.10 Å². The minimum absolute atomic E-state index is 0.0277. The number of carbonyl (C=O) groups is 1. The van der Waals surface area contributed by atoms with E-state index < -0.39 is 12.7 Å². The van der Waals surface area contributed by atoms with Crippen molar-refractivity contribution in [3.8, 4) is 0 Å². The van der Waals surface area contributed by atoms with E-state index in [1.807, 2.05) is 35.9 Å². The van der Waals surface area contributed by atoms with Gasteiger partial charge in [-0.05, 0) is 30.3 Å². The van der Waals surface area contributed by atoms with E-state index in [0.717, 1.165) is 11.0 Å². The summed E-state index contributed by atoms with van der Waals surface area (Å²) in [6, 6.07) is 12.9. The lowest BCUT2D eigenvalue weighted by Crippen LogP contribution is -2.33. The van der Waals surface area contributed by atoms with Gasteiger partial charge in [-0.15, -0.1) is 0 Å². The Kier molecular flexibility index (Phi) is 4.68. The van der Waals surface area contributed by atoms with Gasteiger partial charge in [0, 0.05) is 19.2 Å². The van der Waals surface area contributed by atoms with E-state index in [-0.39, 0.29) is 12.5 Å². The number of hydrogen-bond donors (Lipinski definition) is 4.